The summed E-state index contributed by atoms with van der Waals surface area (Å²) in [5.41, 5.74) is 3.23. The Bertz CT molecular complexity index is 1230. The summed E-state index contributed by atoms with van der Waals surface area (Å²) in [6, 6.07) is 13.1. The molecule has 0 spiro atoms. The molecule has 2 fully saturated rings. The monoisotopic (exact) mass is 455 g/mol. The Labute approximate surface area is 188 Å². The van der Waals surface area contributed by atoms with Crippen LogP contribution < -0.4 is 15.1 Å². The van der Waals surface area contributed by atoms with Gasteiger partial charge in [0.25, 0.3) is 10.0 Å². The molecular weight excluding hydrogens is 426 g/mol. The first kappa shape index (κ1) is 21.2. The SMILES string of the molecule is COC1CCN(c2cccc(S(=O)(=O)n3nc(C)c4ccc(N5CCNCC5)cc43)c2)C1. The zero-order valence-corrected chi connectivity index (χ0v) is 19.3. The number of aromatic nitrogens is 2. The molecule has 3 aromatic rings. The van der Waals surface area contributed by atoms with Gasteiger partial charge in [-0.05, 0) is 49.7 Å². The van der Waals surface area contributed by atoms with Gasteiger partial charge in [0.15, 0.2) is 0 Å². The van der Waals surface area contributed by atoms with Crippen LogP contribution in [-0.2, 0) is 14.8 Å². The van der Waals surface area contributed by atoms with E-state index in [1.165, 1.54) is 4.09 Å². The quantitative estimate of drug-likeness (QED) is 0.632. The smallest absolute Gasteiger partial charge is 0.283 e. The molecule has 2 aromatic carbocycles. The molecule has 3 heterocycles. The number of ether oxygens (including phenoxy) is 1. The number of methoxy groups -OCH3 is 1. The van der Waals surface area contributed by atoms with Crippen molar-refractivity contribution in [3.8, 4) is 0 Å². The molecule has 5 rings (SSSR count). The average molecular weight is 456 g/mol. The van der Waals surface area contributed by atoms with E-state index in [0.717, 1.165) is 62.5 Å². The second kappa shape index (κ2) is 8.38. The molecule has 2 aliphatic rings. The highest BCUT2D eigenvalue weighted by molar-refractivity contribution is 7.90. The topological polar surface area (TPSA) is 79.7 Å². The lowest BCUT2D eigenvalue weighted by Crippen LogP contribution is -2.43. The summed E-state index contributed by atoms with van der Waals surface area (Å²) in [7, 11) is -2.13. The first-order chi connectivity index (χ1) is 15.5. The van der Waals surface area contributed by atoms with Crippen LogP contribution in [0.15, 0.2) is 47.4 Å². The van der Waals surface area contributed by atoms with Crippen LogP contribution in [0, 0.1) is 6.92 Å². The Morgan fingerprint density at radius 1 is 1.03 bits per heavy atom. The van der Waals surface area contributed by atoms with E-state index >= 15 is 0 Å². The van der Waals surface area contributed by atoms with E-state index in [9.17, 15) is 8.42 Å². The van der Waals surface area contributed by atoms with Crippen LogP contribution >= 0.6 is 0 Å². The highest BCUT2D eigenvalue weighted by Crippen LogP contribution is 2.30. The third-order valence-corrected chi connectivity index (χ3v) is 8.07. The van der Waals surface area contributed by atoms with Gasteiger partial charge in [-0.3, -0.25) is 0 Å². The van der Waals surface area contributed by atoms with Gasteiger partial charge < -0.3 is 19.9 Å². The first-order valence-corrected chi connectivity index (χ1v) is 12.5. The molecule has 2 saturated heterocycles. The Hall–Kier alpha value is -2.62. The zero-order valence-electron chi connectivity index (χ0n) is 18.5. The van der Waals surface area contributed by atoms with E-state index in [-0.39, 0.29) is 11.0 Å². The lowest BCUT2D eigenvalue weighted by Gasteiger charge is -2.29. The van der Waals surface area contributed by atoms with Gasteiger partial charge in [0.1, 0.15) is 0 Å². The minimum absolute atomic E-state index is 0.177. The van der Waals surface area contributed by atoms with Crippen LogP contribution in [0.5, 0.6) is 0 Å². The van der Waals surface area contributed by atoms with Crippen molar-refractivity contribution in [1.82, 2.24) is 14.5 Å². The van der Waals surface area contributed by atoms with Crippen LogP contribution in [-0.4, -0.2) is 70.1 Å². The van der Waals surface area contributed by atoms with Crippen LogP contribution in [0.25, 0.3) is 10.9 Å². The predicted octanol–water partition coefficient (Wildman–Crippen LogP) is 2.22. The maximum absolute atomic E-state index is 13.7. The maximum atomic E-state index is 13.7. The molecule has 0 radical (unpaired) electrons. The Balaban J connectivity index is 1.53. The lowest BCUT2D eigenvalue weighted by atomic mass is 10.2. The number of benzene rings is 2. The van der Waals surface area contributed by atoms with Crippen molar-refractivity contribution in [3.63, 3.8) is 0 Å². The molecule has 1 N–H and O–H groups in total. The van der Waals surface area contributed by atoms with Gasteiger partial charge in [0.2, 0.25) is 0 Å². The number of fused-ring (bicyclic) bond motifs is 1. The molecule has 9 heteroatoms. The van der Waals surface area contributed by atoms with E-state index in [2.05, 4.69) is 26.3 Å². The zero-order chi connectivity index (χ0) is 22.3. The highest BCUT2D eigenvalue weighted by atomic mass is 32.2. The minimum atomic E-state index is -3.85. The summed E-state index contributed by atoms with van der Waals surface area (Å²) in [4.78, 5) is 4.69. The number of hydrogen-bond donors (Lipinski definition) is 1. The van der Waals surface area contributed by atoms with Crippen molar-refractivity contribution in [2.45, 2.75) is 24.3 Å². The van der Waals surface area contributed by atoms with Crippen LogP contribution in [0.3, 0.4) is 0 Å². The van der Waals surface area contributed by atoms with E-state index in [4.69, 9.17) is 4.74 Å². The number of aryl methyl sites for hydroxylation is 1. The number of anilines is 2. The molecule has 0 amide bonds. The Kier molecular flexibility index (Phi) is 5.56. The summed E-state index contributed by atoms with van der Waals surface area (Å²) < 4.78 is 34.0. The van der Waals surface area contributed by atoms with Gasteiger partial charge in [-0.15, -0.1) is 0 Å². The average Bonchev–Trinajstić information content (AvgIpc) is 3.45. The standard InChI is InChI=1S/C23H29N5O3S/c1-17-22-7-6-19(26-12-9-24-10-13-26)15-23(22)28(25-17)32(29,30)21-5-3-4-18(14-21)27-11-8-20(16-27)31-2/h3-7,14-15,20,24H,8-13,16H2,1-2H3. The molecule has 2 aliphatic heterocycles. The summed E-state index contributed by atoms with van der Waals surface area (Å²) >= 11 is 0. The lowest BCUT2D eigenvalue weighted by molar-refractivity contribution is 0.121. The molecule has 1 unspecified atom stereocenters. The Morgan fingerprint density at radius 3 is 2.56 bits per heavy atom. The van der Waals surface area contributed by atoms with E-state index in [1.54, 1.807) is 25.3 Å². The van der Waals surface area contributed by atoms with Gasteiger partial charge in [-0.1, -0.05) is 6.07 Å². The van der Waals surface area contributed by atoms with Gasteiger partial charge in [-0.2, -0.15) is 17.6 Å². The van der Waals surface area contributed by atoms with Gasteiger partial charge >= 0.3 is 0 Å². The number of nitrogens with zero attached hydrogens (tertiary/aromatic N) is 4. The third kappa shape index (κ3) is 3.74. The van der Waals surface area contributed by atoms with Crippen LogP contribution in [0.1, 0.15) is 12.1 Å². The fourth-order valence-electron chi connectivity index (χ4n) is 4.63. The molecule has 1 aromatic heterocycles. The molecule has 1 atom stereocenters. The molecule has 8 nitrogen and oxygen atoms in total. The van der Waals surface area contributed by atoms with Gasteiger partial charge in [-0.25, -0.2) is 0 Å². The van der Waals surface area contributed by atoms with Crippen molar-refractivity contribution in [1.29, 1.82) is 0 Å². The van der Waals surface area contributed by atoms with E-state index in [0.29, 0.717) is 11.2 Å². The summed E-state index contributed by atoms with van der Waals surface area (Å²) in [5.74, 6) is 0. The largest absolute Gasteiger partial charge is 0.380 e. The van der Waals surface area contributed by atoms with Gasteiger partial charge in [0, 0.05) is 63.1 Å². The molecule has 32 heavy (non-hydrogen) atoms. The van der Waals surface area contributed by atoms with Crippen molar-refractivity contribution in [3.05, 3.63) is 48.2 Å². The van der Waals surface area contributed by atoms with E-state index in [1.807, 2.05) is 25.1 Å². The van der Waals surface area contributed by atoms with Crippen molar-refractivity contribution >= 4 is 32.3 Å². The first-order valence-electron chi connectivity index (χ1n) is 11.1. The molecule has 0 saturated carbocycles. The maximum Gasteiger partial charge on any atom is 0.283 e. The molecular formula is C23H29N5O3S. The fourth-order valence-corrected chi connectivity index (χ4v) is 5.99. The molecule has 0 aliphatic carbocycles. The third-order valence-electron chi connectivity index (χ3n) is 6.49. The number of piperazine rings is 1. The Morgan fingerprint density at radius 2 is 1.81 bits per heavy atom. The summed E-state index contributed by atoms with van der Waals surface area (Å²) in [5, 5.41) is 8.64. The minimum Gasteiger partial charge on any atom is -0.380 e. The summed E-state index contributed by atoms with van der Waals surface area (Å²) in [6.45, 7) is 7.09. The second-order valence-electron chi connectivity index (χ2n) is 8.46. The second-order valence-corrected chi connectivity index (χ2v) is 10.2. The number of hydrogen-bond acceptors (Lipinski definition) is 7. The fraction of sp³-hybridized carbons (Fsp3) is 0.435. The van der Waals surface area contributed by atoms with Crippen molar-refractivity contribution < 1.29 is 13.2 Å². The van der Waals surface area contributed by atoms with Gasteiger partial charge in [0.05, 0.1) is 22.2 Å². The van der Waals surface area contributed by atoms with Crippen LogP contribution in [0.2, 0.25) is 0 Å². The van der Waals surface area contributed by atoms with Crippen molar-refractivity contribution in [2.24, 2.45) is 0 Å². The molecule has 0 bridgehead atoms. The number of rotatable bonds is 5. The normalized spacial score (nSPS) is 19.8. The summed E-state index contributed by atoms with van der Waals surface area (Å²) in [6.07, 6.45) is 1.11. The molecule has 170 valence electrons. The van der Waals surface area contributed by atoms with Crippen LogP contribution in [0.4, 0.5) is 11.4 Å². The van der Waals surface area contributed by atoms with Crippen molar-refractivity contribution in [2.75, 3.05) is 56.2 Å². The predicted molar refractivity (Wildman–Crippen MR) is 126 cm³/mol. The number of nitrogens with one attached hydrogen (secondary N) is 1. The highest BCUT2D eigenvalue weighted by Gasteiger charge is 2.26. The van der Waals surface area contributed by atoms with E-state index < -0.39 is 10.0 Å².